The van der Waals surface area contributed by atoms with Crippen LogP contribution in [0.5, 0.6) is 0 Å². The van der Waals surface area contributed by atoms with Gasteiger partial charge >= 0.3 is 8.80 Å². The van der Waals surface area contributed by atoms with E-state index in [9.17, 15) is 0 Å². The van der Waals surface area contributed by atoms with Crippen LogP contribution >= 0.6 is 0 Å². The van der Waals surface area contributed by atoms with Gasteiger partial charge in [0.05, 0.1) is 5.67 Å². The first-order valence-corrected chi connectivity index (χ1v) is 10.2. The van der Waals surface area contributed by atoms with Crippen LogP contribution in [-0.4, -0.2) is 67.0 Å². The first-order valence-electron chi connectivity index (χ1n) is 8.38. The first kappa shape index (κ1) is 24.2. The topological polar surface area (TPSA) is 104 Å². The van der Waals surface area contributed by atoms with Crippen molar-refractivity contribution in [3.8, 4) is 0 Å². The molecule has 8 heteroatoms. The predicted octanol–water partition coefficient (Wildman–Crippen LogP) is 0.0654. The Hall–Kier alpha value is -0.0631. The van der Waals surface area contributed by atoms with E-state index in [-0.39, 0.29) is 5.67 Å². The van der Waals surface area contributed by atoms with Crippen LogP contribution in [0.25, 0.3) is 0 Å². The van der Waals surface area contributed by atoms with Crippen molar-refractivity contribution in [3.05, 3.63) is 0 Å². The monoisotopic (exact) mass is 338 g/mol. The molecule has 1 aliphatic heterocycles. The minimum atomic E-state index is -2.57. The van der Waals surface area contributed by atoms with E-state index in [1.54, 1.807) is 0 Å². The van der Waals surface area contributed by atoms with E-state index < -0.39 is 8.80 Å². The molecule has 0 radical (unpaired) electrons. The Balaban J connectivity index is 0. The molecule has 0 aromatic rings. The average Bonchev–Trinajstić information content (AvgIpc) is 2.50. The molecule has 1 heterocycles. The highest BCUT2D eigenvalue weighted by Gasteiger charge is 2.49. The first-order chi connectivity index (χ1) is 10.6. The molecule has 1 atom stereocenters. The summed E-state index contributed by atoms with van der Waals surface area (Å²) < 4.78 is 17.5. The van der Waals surface area contributed by atoms with Crippen molar-refractivity contribution in [2.45, 2.75) is 40.3 Å². The van der Waals surface area contributed by atoms with Crippen LogP contribution in [0.4, 0.5) is 0 Å². The zero-order valence-electron chi connectivity index (χ0n) is 15.1. The molecule has 1 unspecified atom stereocenters. The minimum Gasteiger partial charge on any atom is -0.373 e. The van der Waals surface area contributed by atoms with Gasteiger partial charge in [0.1, 0.15) is 0 Å². The van der Waals surface area contributed by atoms with Gasteiger partial charge in [0.15, 0.2) is 0 Å². The molecule has 0 aromatic carbocycles. The second kappa shape index (κ2) is 17.3. The highest BCUT2D eigenvalue weighted by molar-refractivity contribution is 6.62. The van der Waals surface area contributed by atoms with Gasteiger partial charge in [0.25, 0.3) is 0 Å². The van der Waals surface area contributed by atoms with E-state index in [1.165, 1.54) is 0 Å². The standard InChI is InChI=1S/C10H24N2O3Si.2C2H7N/c1-4-13-16(14-5-2,15-6-3)10-9-11-7-8-12-10;2*1-2-3/h10-12H,4-9H2,1-3H3;2*2-3H2,1H3. The van der Waals surface area contributed by atoms with Gasteiger partial charge in [0.2, 0.25) is 0 Å². The molecule has 1 fully saturated rings. The molecule has 0 aromatic heterocycles. The van der Waals surface area contributed by atoms with Gasteiger partial charge in [-0.2, -0.15) is 0 Å². The molecule has 0 spiro atoms. The molecule has 136 valence electrons. The van der Waals surface area contributed by atoms with Gasteiger partial charge in [-0.1, -0.05) is 13.8 Å². The summed E-state index contributed by atoms with van der Waals surface area (Å²) in [5.41, 5.74) is 9.86. The summed E-state index contributed by atoms with van der Waals surface area (Å²) in [5, 5.41) is 6.79. The molecular weight excluding hydrogens is 300 g/mol. The van der Waals surface area contributed by atoms with Crippen molar-refractivity contribution in [2.75, 3.05) is 52.5 Å². The van der Waals surface area contributed by atoms with Crippen LogP contribution in [-0.2, 0) is 13.3 Å². The highest BCUT2D eigenvalue weighted by atomic mass is 28.4. The van der Waals surface area contributed by atoms with Gasteiger partial charge in [-0.3, -0.25) is 0 Å². The van der Waals surface area contributed by atoms with Gasteiger partial charge in [-0.15, -0.1) is 0 Å². The molecule has 7 nitrogen and oxygen atoms in total. The minimum absolute atomic E-state index is 0.168. The van der Waals surface area contributed by atoms with E-state index in [2.05, 4.69) is 10.6 Å². The number of nitrogens with one attached hydrogen (secondary N) is 2. The Morgan fingerprint density at radius 2 is 1.27 bits per heavy atom. The van der Waals surface area contributed by atoms with Crippen molar-refractivity contribution >= 4 is 8.80 Å². The Bertz CT molecular complexity index is 201. The Morgan fingerprint density at radius 3 is 1.55 bits per heavy atom. The zero-order valence-corrected chi connectivity index (χ0v) is 16.1. The third kappa shape index (κ3) is 10.6. The highest BCUT2D eigenvalue weighted by Crippen LogP contribution is 2.16. The zero-order chi connectivity index (χ0) is 17.3. The largest absolute Gasteiger partial charge is 0.520 e. The van der Waals surface area contributed by atoms with Crippen LogP contribution in [0.3, 0.4) is 0 Å². The molecule has 0 aliphatic carbocycles. The number of rotatable bonds is 7. The fourth-order valence-corrected chi connectivity index (χ4v) is 4.78. The molecule has 22 heavy (non-hydrogen) atoms. The van der Waals surface area contributed by atoms with Crippen molar-refractivity contribution in [1.29, 1.82) is 0 Å². The predicted molar refractivity (Wildman–Crippen MR) is 94.7 cm³/mol. The van der Waals surface area contributed by atoms with Crippen molar-refractivity contribution in [3.63, 3.8) is 0 Å². The second-order valence-corrected chi connectivity index (χ2v) is 7.20. The molecule has 0 amide bonds. The lowest BCUT2D eigenvalue weighted by Crippen LogP contribution is -2.68. The summed E-state index contributed by atoms with van der Waals surface area (Å²) >= 11 is 0. The summed E-state index contributed by atoms with van der Waals surface area (Å²) in [6.07, 6.45) is 0. The SMILES string of the molecule is CCN.CCN.CCO[Si](OCC)(OCC)C1CNCCN1. The lowest BCUT2D eigenvalue weighted by atomic mass is 10.4. The third-order valence-corrected chi connectivity index (χ3v) is 5.84. The van der Waals surface area contributed by atoms with Crippen molar-refractivity contribution in [2.24, 2.45) is 11.5 Å². The Morgan fingerprint density at radius 1 is 0.864 bits per heavy atom. The Labute approximate surface area is 137 Å². The number of hydrogen-bond acceptors (Lipinski definition) is 7. The molecule has 0 bridgehead atoms. The van der Waals surface area contributed by atoms with Gasteiger partial charge in [0, 0.05) is 39.5 Å². The third-order valence-electron chi connectivity index (χ3n) is 2.50. The summed E-state index contributed by atoms with van der Waals surface area (Å²) in [6, 6.07) is 0. The van der Waals surface area contributed by atoms with Crippen molar-refractivity contribution in [1.82, 2.24) is 10.6 Å². The van der Waals surface area contributed by atoms with Crippen LogP contribution < -0.4 is 22.1 Å². The second-order valence-electron chi connectivity index (χ2n) is 4.43. The molecule has 1 saturated heterocycles. The molecule has 0 saturated carbocycles. The quantitative estimate of drug-likeness (QED) is 0.487. The lowest BCUT2D eigenvalue weighted by molar-refractivity contribution is 0.0561. The lowest BCUT2D eigenvalue weighted by Gasteiger charge is -2.37. The fourth-order valence-electron chi connectivity index (χ4n) is 1.93. The van der Waals surface area contributed by atoms with E-state index in [4.69, 9.17) is 24.7 Å². The maximum Gasteiger partial charge on any atom is 0.520 e. The smallest absolute Gasteiger partial charge is 0.373 e. The van der Waals surface area contributed by atoms with Gasteiger partial charge in [-0.25, -0.2) is 0 Å². The Kier molecular flexibility index (Phi) is 19.0. The van der Waals surface area contributed by atoms with E-state index in [0.717, 1.165) is 32.7 Å². The van der Waals surface area contributed by atoms with Crippen LogP contribution in [0.1, 0.15) is 34.6 Å². The summed E-state index contributed by atoms with van der Waals surface area (Å²) in [6.45, 7) is 15.9. The number of hydrogen-bond donors (Lipinski definition) is 4. The van der Waals surface area contributed by atoms with Crippen LogP contribution in [0, 0.1) is 0 Å². The molecule has 1 aliphatic rings. The average molecular weight is 339 g/mol. The van der Waals surface area contributed by atoms with E-state index in [1.807, 2.05) is 34.6 Å². The van der Waals surface area contributed by atoms with Gasteiger partial charge in [-0.05, 0) is 33.9 Å². The molecular formula is C14H38N4O3Si. The normalized spacial score (nSPS) is 17.9. The van der Waals surface area contributed by atoms with Crippen molar-refractivity contribution < 1.29 is 13.3 Å². The summed E-state index contributed by atoms with van der Waals surface area (Å²) in [5.74, 6) is 0. The van der Waals surface area contributed by atoms with E-state index >= 15 is 0 Å². The van der Waals surface area contributed by atoms with Gasteiger partial charge < -0.3 is 35.4 Å². The maximum absolute atomic E-state index is 5.84. The number of nitrogens with two attached hydrogens (primary N) is 2. The maximum atomic E-state index is 5.84. The fraction of sp³-hybridized carbons (Fsp3) is 1.00. The summed E-state index contributed by atoms with van der Waals surface area (Å²) in [7, 11) is -2.57. The van der Waals surface area contributed by atoms with Crippen LogP contribution in [0.15, 0.2) is 0 Å². The van der Waals surface area contributed by atoms with Crippen LogP contribution in [0.2, 0.25) is 0 Å². The summed E-state index contributed by atoms with van der Waals surface area (Å²) in [4.78, 5) is 0. The molecule has 1 rings (SSSR count). The number of piperazine rings is 1. The molecule has 6 N–H and O–H groups in total. The van der Waals surface area contributed by atoms with E-state index in [0.29, 0.717) is 19.8 Å².